The Kier molecular flexibility index (Phi) is 4.65. The predicted molar refractivity (Wildman–Crippen MR) is 79.8 cm³/mol. The standard InChI is InChI=1S/C14H17BrN2O3/c1-9-3-2-4-11(13(9)15)16-14(20)17-6-5-10(8-17)7-12(18)19/h2-4,10H,5-8H2,1H3,(H,16,20)(H,18,19). The maximum absolute atomic E-state index is 12.2. The SMILES string of the molecule is Cc1cccc(NC(=O)N2CCC(CC(=O)O)C2)c1Br. The van der Waals surface area contributed by atoms with Crippen molar-refractivity contribution in [2.75, 3.05) is 18.4 Å². The molecular formula is C14H17BrN2O3. The first kappa shape index (κ1) is 14.8. The topological polar surface area (TPSA) is 69.6 Å². The molecule has 0 radical (unpaired) electrons. The van der Waals surface area contributed by atoms with Crippen molar-refractivity contribution in [2.45, 2.75) is 19.8 Å². The van der Waals surface area contributed by atoms with Crippen LogP contribution in [0.5, 0.6) is 0 Å². The molecule has 0 aromatic heterocycles. The fourth-order valence-corrected chi connectivity index (χ4v) is 2.73. The number of urea groups is 1. The van der Waals surface area contributed by atoms with Crippen molar-refractivity contribution < 1.29 is 14.7 Å². The molecule has 20 heavy (non-hydrogen) atoms. The van der Waals surface area contributed by atoms with Gasteiger partial charge in [-0.1, -0.05) is 12.1 Å². The minimum Gasteiger partial charge on any atom is -0.481 e. The quantitative estimate of drug-likeness (QED) is 0.888. The van der Waals surface area contributed by atoms with E-state index in [0.29, 0.717) is 13.1 Å². The number of hydrogen-bond donors (Lipinski definition) is 2. The minimum absolute atomic E-state index is 0.0548. The summed E-state index contributed by atoms with van der Waals surface area (Å²) in [5.41, 5.74) is 1.78. The molecule has 0 spiro atoms. The number of carbonyl (C=O) groups excluding carboxylic acids is 1. The monoisotopic (exact) mass is 340 g/mol. The number of aliphatic carboxylic acids is 1. The molecule has 6 heteroatoms. The Bertz CT molecular complexity index is 533. The number of carboxylic acid groups (broad SMARTS) is 1. The molecule has 1 aromatic carbocycles. The fourth-order valence-electron chi connectivity index (χ4n) is 2.37. The van der Waals surface area contributed by atoms with Gasteiger partial charge in [-0.05, 0) is 46.8 Å². The summed E-state index contributed by atoms with van der Waals surface area (Å²) in [6.07, 6.45) is 0.868. The first-order valence-electron chi connectivity index (χ1n) is 6.50. The number of likely N-dealkylation sites (tertiary alicyclic amines) is 1. The summed E-state index contributed by atoms with van der Waals surface area (Å²) in [6, 6.07) is 5.50. The lowest BCUT2D eigenvalue weighted by atomic mass is 10.1. The molecule has 0 aliphatic carbocycles. The Morgan fingerprint density at radius 2 is 2.25 bits per heavy atom. The van der Waals surface area contributed by atoms with Gasteiger partial charge in [0.2, 0.25) is 0 Å². The Morgan fingerprint density at radius 1 is 1.50 bits per heavy atom. The number of carbonyl (C=O) groups is 2. The highest BCUT2D eigenvalue weighted by atomic mass is 79.9. The molecule has 1 aliphatic heterocycles. The summed E-state index contributed by atoms with van der Waals surface area (Å²) in [5, 5.41) is 11.6. The average Bonchev–Trinajstić information content (AvgIpc) is 2.82. The Morgan fingerprint density at radius 3 is 2.95 bits per heavy atom. The highest BCUT2D eigenvalue weighted by molar-refractivity contribution is 9.10. The van der Waals surface area contributed by atoms with Gasteiger partial charge in [0.25, 0.3) is 0 Å². The number of benzene rings is 1. The van der Waals surface area contributed by atoms with Crippen LogP contribution in [0.15, 0.2) is 22.7 Å². The number of nitrogens with one attached hydrogen (secondary N) is 1. The van der Waals surface area contributed by atoms with Crippen molar-refractivity contribution >= 4 is 33.6 Å². The van der Waals surface area contributed by atoms with E-state index in [1.807, 2.05) is 25.1 Å². The first-order valence-corrected chi connectivity index (χ1v) is 7.29. The van der Waals surface area contributed by atoms with Crippen molar-refractivity contribution in [3.8, 4) is 0 Å². The van der Waals surface area contributed by atoms with Crippen LogP contribution in [-0.4, -0.2) is 35.1 Å². The number of halogens is 1. The molecule has 1 saturated heterocycles. The highest BCUT2D eigenvalue weighted by Crippen LogP contribution is 2.27. The molecule has 1 aromatic rings. The summed E-state index contributed by atoms with van der Waals surface area (Å²) in [4.78, 5) is 24.5. The van der Waals surface area contributed by atoms with E-state index in [1.54, 1.807) is 4.90 Å². The van der Waals surface area contributed by atoms with Crippen molar-refractivity contribution in [2.24, 2.45) is 5.92 Å². The lowest BCUT2D eigenvalue weighted by Gasteiger charge is -2.18. The van der Waals surface area contributed by atoms with Crippen LogP contribution in [0.3, 0.4) is 0 Å². The molecule has 1 unspecified atom stereocenters. The van der Waals surface area contributed by atoms with Crippen LogP contribution >= 0.6 is 15.9 Å². The Hall–Kier alpha value is -1.56. The van der Waals surface area contributed by atoms with Gasteiger partial charge in [0.15, 0.2) is 0 Å². The van der Waals surface area contributed by atoms with Crippen LogP contribution in [0.4, 0.5) is 10.5 Å². The third kappa shape index (κ3) is 3.50. The van der Waals surface area contributed by atoms with E-state index in [-0.39, 0.29) is 18.4 Å². The molecular weight excluding hydrogens is 324 g/mol. The Balaban J connectivity index is 1.96. The second-order valence-corrected chi connectivity index (χ2v) is 5.86. The number of hydrogen-bond acceptors (Lipinski definition) is 2. The lowest BCUT2D eigenvalue weighted by molar-refractivity contribution is -0.138. The predicted octanol–water partition coefficient (Wildman–Crippen LogP) is 3.09. The normalized spacial score (nSPS) is 18.1. The molecule has 1 fully saturated rings. The molecule has 1 heterocycles. The van der Waals surface area contributed by atoms with Gasteiger partial charge < -0.3 is 15.3 Å². The zero-order valence-electron chi connectivity index (χ0n) is 11.2. The van der Waals surface area contributed by atoms with E-state index in [9.17, 15) is 9.59 Å². The molecule has 5 nitrogen and oxygen atoms in total. The van der Waals surface area contributed by atoms with Crippen LogP contribution in [0.2, 0.25) is 0 Å². The average molecular weight is 341 g/mol. The van der Waals surface area contributed by atoms with Crippen LogP contribution in [-0.2, 0) is 4.79 Å². The van der Waals surface area contributed by atoms with Crippen LogP contribution in [0.25, 0.3) is 0 Å². The van der Waals surface area contributed by atoms with Gasteiger partial charge in [0.05, 0.1) is 5.69 Å². The van der Waals surface area contributed by atoms with E-state index in [1.165, 1.54) is 0 Å². The summed E-state index contributed by atoms with van der Waals surface area (Å²) in [6.45, 7) is 3.06. The number of carboxylic acids is 1. The number of anilines is 1. The van der Waals surface area contributed by atoms with E-state index >= 15 is 0 Å². The molecule has 2 amide bonds. The number of rotatable bonds is 3. The van der Waals surface area contributed by atoms with Gasteiger partial charge in [-0.3, -0.25) is 4.79 Å². The van der Waals surface area contributed by atoms with E-state index in [2.05, 4.69) is 21.2 Å². The maximum atomic E-state index is 12.2. The van der Waals surface area contributed by atoms with Gasteiger partial charge in [0, 0.05) is 24.0 Å². The first-order chi connectivity index (χ1) is 9.47. The number of amides is 2. The van der Waals surface area contributed by atoms with Crippen molar-refractivity contribution in [3.05, 3.63) is 28.2 Å². The molecule has 0 bridgehead atoms. The summed E-state index contributed by atoms with van der Waals surface area (Å²) >= 11 is 3.45. The van der Waals surface area contributed by atoms with Crippen molar-refractivity contribution in [3.63, 3.8) is 0 Å². The fraction of sp³-hybridized carbons (Fsp3) is 0.429. The zero-order valence-corrected chi connectivity index (χ0v) is 12.8. The third-order valence-electron chi connectivity index (χ3n) is 3.47. The molecule has 0 saturated carbocycles. The smallest absolute Gasteiger partial charge is 0.321 e. The van der Waals surface area contributed by atoms with Gasteiger partial charge >= 0.3 is 12.0 Å². The molecule has 2 rings (SSSR count). The van der Waals surface area contributed by atoms with Crippen LogP contribution in [0, 0.1) is 12.8 Å². The van der Waals surface area contributed by atoms with Crippen molar-refractivity contribution in [1.29, 1.82) is 0 Å². The summed E-state index contributed by atoms with van der Waals surface area (Å²) in [7, 11) is 0. The molecule has 2 N–H and O–H groups in total. The minimum atomic E-state index is -0.807. The van der Waals surface area contributed by atoms with E-state index in [4.69, 9.17) is 5.11 Å². The number of aryl methyl sites for hydroxylation is 1. The van der Waals surface area contributed by atoms with Crippen LogP contribution < -0.4 is 5.32 Å². The van der Waals surface area contributed by atoms with Crippen LogP contribution in [0.1, 0.15) is 18.4 Å². The second-order valence-electron chi connectivity index (χ2n) is 5.07. The van der Waals surface area contributed by atoms with Gasteiger partial charge in [-0.25, -0.2) is 4.79 Å². The molecule has 108 valence electrons. The molecule has 1 atom stereocenters. The maximum Gasteiger partial charge on any atom is 0.321 e. The second kappa shape index (κ2) is 6.26. The van der Waals surface area contributed by atoms with E-state index < -0.39 is 5.97 Å². The summed E-state index contributed by atoms with van der Waals surface area (Å²) in [5.74, 6) is -0.752. The highest BCUT2D eigenvalue weighted by Gasteiger charge is 2.27. The van der Waals surface area contributed by atoms with Gasteiger partial charge in [0.1, 0.15) is 0 Å². The summed E-state index contributed by atoms with van der Waals surface area (Å²) < 4.78 is 0.870. The lowest BCUT2D eigenvalue weighted by Crippen LogP contribution is -2.33. The molecule has 1 aliphatic rings. The van der Waals surface area contributed by atoms with E-state index in [0.717, 1.165) is 22.1 Å². The Labute approximate surface area is 126 Å². The zero-order chi connectivity index (χ0) is 14.7. The van der Waals surface area contributed by atoms with Gasteiger partial charge in [-0.2, -0.15) is 0 Å². The number of nitrogens with zero attached hydrogens (tertiary/aromatic N) is 1. The largest absolute Gasteiger partial charge is 0.481 e. The van der Waals surface area contributed by atoms with Gasteiger partial charge in [-0.15, -0.1) is 0 Å². The van der Waals surface area contributed by atoms with Crippen molar-refractivity contribution in [1.82, 2.24) is 4.90 Å². The third-order valence-corrected chi connectivity index (χ3v) is 4.52.